The molecule has 1 aromatic carbocycles. The van der Waals surface area contributed by atoms with Crippen LogP contribution in [0, 0.1) is 0 Å². The van der Waals surface area contributed by atoms with Gasteiger partial charge in [0.1, 0.15) is 4.90 Å². The Hall–Kier alpha value is -2.51. The molecule has 6 nitrogen and oxygen atoms in total. The third kappa shape index (κ3) is 4.26. The largest absolute Gasteiger partial charge is 0.347 e. The highest BCUT2D eigenvalue weighted by atomic mass is 32.2. The quantitative estimate of drug-likeness (QED) is 0.803. The summed E-state index contributed by atoms with van der Waals surface area (Å²) in [6.45, 7) is 6.07. The Bertz CT molecular complexity index is 917. The average molecular weight is 385 g/mol. The first-order valence-electron chi connectivity index (χ1n) is 8.80. The molecule has 7 heteroatoms. The molecule has 3 rings (SSSR count). The summed E-state index contributed by atoms with van der Waals surface area (Å²) >= 11 is 0. The molecule has 2 aromatic rings. The number of hydrogen-bond donors (Lipinski definition) is 1. The number of piperidine rings is 1. The maximum Gasteiger partial charge on any atom is 0.244 e. The zero-order valence-electron chi connectivity index (χ0n) is 15.3. The van der Waals surface area contributed by atoms with E-state index in [0.29, 0.717) is 25.9 Å². The minimum Gasteiger partial charge on any atom is -0.347 e. The van der Waals surface area contributed by atoms with Gasteiger partial charge in [-0.1, -0.05) is 36.9 Å². The number of carbonyl (C=O) groups excluding carboxylic acids is 1. The minimum atomic E-state index is -3.61. The van der Waals surface area contributed by atoms with Crippen molar-refractivity contribution in [3.63, 3.8) is 0 Å². The van der Waals surface area contributed by atoms with Crippen LogP contribution in [-0.4, -0.2) is 42.2 Å². The summed E-state index contributed by atoms with van der Waals surface area (Å²) in [5, 5.41) is 2.89. The molecule has 1 saturated heterocycles. The standard InChI is InChI=1S/C20H23N3O3S/c1-3-19(24)22-20(2)11-13-23(14-12-20)27(25,26)17-9-10-18(21-15-17)16-7-5-4-6-8-16/h3-10,15H,1,11-14H2,2H3,(H,22,24). The molecule has 1 fully saturated rings. The Morgan fingerprint density at radius 2 is 1.85 bits per heavy atom. The number of sulfonamides is 1. The van der Waals surface area contributed by atoms with Crippen molar-refractivity contribution in [1.82, 2.24) is 14.6 Å². The smallest absolute Gasteiger partial charge is 0.244 e. The van der Waals surface area contributed by atoms with E-state index >= 15 is 0 Å². The van der Waals surface area contributed by atoms with Crippen LogP contribution in [0.4, 0.5) is 0 Å². The van der Waals surface area contributed by atoms with E-state index < -0.39 is 15.6 Å². The summed E-state index contributed by atoms with van der Waals surface area (Å²) < 4.78 is 27.3. The maximum absolute atomic E-state index is 12.9. The number of aromatic nitrogens is 1. The number of amides is 1. The Balaban J connectivity index is 1.72. The zero-order chi connectivity index (χ0) is 19.5. The van der Waals surface area contributed by atoms with Crippen LogP contribution >= 0.6 is 0 Å². The van der Waals surface area contributed by atoms with Gasteiger partial charge in [0.2, 0.25) is 15.9 Å². The number of rotatable bonds is 5. The monoisotopic (exact) mass is 385 g/mol. The molecule has 0 spiro atoms. The van der Waals surface area contributed by atoms with Gasteiger partial charge in [-0.25, -0.2) is 8.42 Å². The van der Waals surface area contributed by atoms with Crippen LogP contribution < -0.4 is 5.32 Å². The molecular weight excluding hydrogens is 362 g/mol. The Labute approximate surface area is 160 Å². The van der Waals surface area contributed by atoms with Gasteiger partial charge in [0.15, 0.2) is 0 Å². The van der Waals surface area contributed by atoms with E-state index in [1.807, 2.05) is 37.3 Å². The summed E-state index contributed by atoms with van der Waals surface area (Å²) in [5.41, 5.74) is 1.24. The van der Waals surface area contributed by atoms with Gasteiger partial charge >= 0.3 is 0 Å². The lowest BCUT2D eigenvalue weighted by molar-refractivity contribution is -0.118. The van der Waals surface area contributed by atoms with Gasteiger partial charge < -0.3 is 5.32 Å². The highest BCUT2D eigenvalue weighted by molar-refractivity contribution is 7.89. The van der Waals surface area contributed by atoms with Gasteiger partial charge in [0.05, 0.1) is 5.69 Å². The van der Waals surface area contributed by atoms with Crippen LogP contribution in [0.3, 0.4) is 0 Å². The van der Waals surface area contributed by atoms with E-state index in [-0.39, 0.29) is 10.8 Å². The van der Waals surface area contributed by atoms with Crippen LogP contribution in [0.1, 0.15) is 19.8 Å². The number of hydrogen-bond acceptors (Lipinski definition) is 4. The third-order valence-corrected chi connectivity index (χ3v) is 6.76. The second-order valence-corrected chi connectivity index (χ2v) is 8.84. The van der Waals surface area contributed by atoms with Crippen LogP contribution in [0.5, 0.6) is 0 Å². The van der Waals surface area contributed by atoms with Crippen molar-refractivity contribution in [1.29, 1.82) is 0 Å². The van der Waals surface area contributed by atoms with Gasteiger partial charge in [-0.2, -0.15) is 4.31 Å². The highest BCUT2D eigenvalue weighted by Gasteiger charge is 2.36. The van der Waals surface area contributed by atoms with E-state index in [1.165, 1.54) is 16.6 Å². The van der Waals surface area contributed by atoms with Crippen molar-refractivity contribution >= 4 is 15.9 Å². The van der Waals surface area contributed by atoms with E-state index in [2.05, 4.69) is 16.9 Å². The minimum absolute atomic E-state index is 0.181. The van der Waals surface area contributed by atoms with Crippen molar-refractivity contribution in [2.45, 2.75) is 30.2 Å². The molecule has 1 aromatic heterocycles. The van der Waals surface area contributed by atoms with Gasteiger partial charge in [0, 0.05) is 30.4 Å². The number of benzene rings is 1. The molecule has 0 atom stereocenters. The normalized spacial score (nSPS) is 17.2. The lowest BCUT2D eigenvalue weighted by atomic mass is 9.90. The summed E-state index contributed by atoms with van der Waals surface area (Å²) in [6, 6.07) is 12.9. The Kier molecular flexibility index (Phi) is 5.43. The number of carbonyl (C=O) groups is 1. The van der Waals surface area contributed by atoms with Gasteiger partial charge in [0.25, 0.3) is 0 Å². The topological polar surface area (TPSA) is 79.4 Å². The fraction of sp³-hybridized carbons (Fsp3) is 0.300. The van der Waals surface area contributed by atoms with Crippen LogP contribution in [-0.2, 0) is 14.8 Å². The second kappa shape index (κ2) is 7.62. The molecule has 0 bridgehead atoms. The number of pyridine rings is 1. The number of nitrogens with one attached hydrogen (secondary N) is 1. The molecule has 2 heterocycles. The zero-order valence-corrected chi connectivity index (χ0v) is 16.1. The molecule has 1 aliphatic heterocycles. The fourth-order valence-electron chi connectivity index (χ4n) is 3.16. The molecule has 0 saturated carbocycles. The molecule has 0 unspecified atom stereocenters. The molecular formula is C20H23N3O3S. The van der Waals surface area contributed by atoms with Crippen molar-refractivity contribution in [2.24, 2.45) is 0 Å². The van der Waals surface area contributed by atoms with Gasteiger partial charge in [-0.15, -0.1) is 0 Å². The summed E-state index contributed by atoms with van der Waals surface area (Å²) in [5.74, 6) is -0.241. The number of nitrogens with zero attached hydrogens (tertiary/aromatic N) is 2. The molecule has 1 aliphatic rings. The molecule has 142 valence electrons. The van der Waals surface area contributed by atoms with E-state index in [1.54, 1.807) is 12.1 Å². The first-order chi connectivity index (χ1) is 12.8. The van der Waals surface area contributed by atoms with Crippen LogP contribution in [0.2, 0.25) is 0 Å². The summed E-state index contributed by atoms with van der Waals surface area (Å²) in [6.07, 6.45) is 3.72. The average Bonchev–Trinajstić information content (AvgIpc) is 2.69. The summed E-state index contributed by atoms with van der Waals surface area (Å²) in [4.78, 5) is 16.1. The predicted molar refractivity (Wildman–Crippen MR) is 104 cm³/mol. The summed E-state index contributed by atoms with van der Waals surface area (Å²) in [7, 11) is -3.61. The molecule has 1 amide bonds. The van der Waals surface area contributed by atoms with E-state index in [9.17, 15) is 13.2 Å². The van der Waals surface area contributed by atoms with Crippen molar-refractivity contribution in [3.05, 3.63) is 61.3 Å². The molecule has 0 radical (unpaired) electrons. The predicted octanol–water partition coefficient (Wildman–Crippen LogP) is 2.59. The third-order valence-electron chi connectivity index (χ3n) is 4.88. The van der Waals surface area contributed by atoms with Crippen LogP contribution in [0.25, 0.3) is 11.3 Å². The highest BCUT2D eigenvalue weighted by Crippen LogP contribution is 2.27. The lowest BCUT2D eigenvalue weighted by Gasteiger charge is -2.39. The first kappa shape index (κ1) is 19.3. The van der Waals surface area contributed by atoms with Gasteiger partial charge in [-0.05, 0) is 38.0 Å². The molecule has 1 N–H and O–H groups in total. The van der Waals surface area contributed by atoms with Crippen LogP contribution in [0.15, 0.2) is 66.2 Å². The maximum atomic E-state index is 12.9. The van der Waals surface area contributed by atoms with Gasteiger partial charge in [-0.3, -0.25) is 9.78 Å². The lowest BCUT2D eigenvalue weighted by Crippen LogP contribution is -2.53. The Morgan fingerprint density at radius 1 is 1.19 bits per heavy atom. The van der Waals surface area contributed by atoms with Crippen molar-refractivity contribution < 1.29 is 13.2 Å². The van der Waals surface area contributed by atoms with Crippen molar-refractivity contribution in [3.8, 4) is 11.3 Å². The Morgan fingerprint density at radius 3 is 2.41 bits per heavy atom. The SMILES string of the molecule is C=CC(=O)NC1(C)CCN(S(=O)(=O)c2ccc(-c3ccccc3)nc2)CC1. The molecule has 0 aliphatic carbocycles. The molecule has 27 heavy (non-hydrogen) atoms. The first-order valence-corrected chi connectivity index (χ1v) is 10.2. The fourth-order valence-corrected chi connectivity index (χ4v) is 4.54. The van der Waals surface area contributed by atoms with E-state index in [0.717, 1.165) is 11.3 Å². The second-order valence-electron chi connectivity index (χ2n) is 6.90. The van der Waals surface area contributed by atoms with Crippen molar-refractivity contribution in [2.75, 3.05) is 13.1 Å². The van der Waals surface area contributed by atoms with E-state index in [4.69, 9.17) is 0 Å².